The lowest BCUT2D eigenvalue weighted by molar-refractivity contribution is 0.146. The Hall–Kier alpha value is -4.44. The van der Waals surface area contributed by atoms with E-state index in [1.807, 2.05) is 50.4 Å². The lowest BCUT2D eigenvalue weighted by Crippen LogP contribution is -2.09. The minimum atomic E-state index is -0.707. The predicted molar refractivity (Wildman–Crippen MR) is 153 cm³/mol. The Balaban J connectivity index is 1.39. The highest BCUT2D eigenvalue weighted by Crippen LogP contribution is 2.34. The molecule has 210 valence electrons. The minimum absolute atomic E-state index is 0.107. The number of hydrogen-bond acceptors (Lipinski definition) is 7. The Bertz CT molecular complexity index is 1730. The van der Waals surface area contributed by atoms with E-state index in [0.717, 1.165) is 64.2 Å². The summed E-state index contributed by atoms with van der Waals surface area (Å²) in [4.78, 5) is 14.2. The average molecular weight is 557 g/mol. The van der Waals surface area contributed by atoms with Crippen LogP contribution in [-0.2, 0) is 24.1 Å². The predicted octanol–water partition coefficient (Wildman–Crippen LogP) is 6.09. The first-order valence-corrected chi connectivity index (χ1v) is 13.6. The van der Waals surface area contributed by atoms with Gasteiger partial charge in [0.15, 0.2) is 5.82 Å². The molecule has 0 unspecified atom stereocenters. The summed E-state index contributed by atoms with van der Waals surface area (Å²) in [6.07, 6.45) is 4.57. The third-order valence-corrected chi connectivity index (χ3v) is 7.27. The zero-order chi connectivity index (χ0) is 28.5. The summed E-state index contributed by atoms with van der Waals surface area (Å²) in [5.74, 6) is -0.0907. The molecule has 8 nitrogen and oxygen atoms in total. The van der Waals surface area contributed by atoms with Crippen LogP contribution in [0.3, 0.4) is 0 Å². The van der Waals surface area contributed by atoms with Gasteiger partial charge in [0, 0.05) is 59.0 Å². The smallest absolute Gasteiger partial charge is 0.182 e. The first-order valence-electron chi connectivity index (χ1n) is 13.6. The van der Waals surface area contributed by atoms with E-state index in [1.54, 1.807) is 4.68 Å². The Morgan fingerprint density at radius 2 is 1.80 bits per heavy atom. The molecule has 0 fully saturated rings. The molecule has 10 heteroatoms. The molecule has 1 aliphatic carbocycles. The van der Waals surface area contributed by atoms with Gasteiger partial charge < -0.3 is 14.8 Å². The van der Waals surface area contributed by atoms with E-state index < -0.39 is 11.6 Å². The van der Waals surface area contributed by atoms with Crippen molar-refractivity contribution in [1.29, 1.82) is 0 Å². The molecule has 0 amide bonds. The number of ether oxygens (including phenoxy) is 2. The van der Waals surface area contributed by atoms with Crippen molar-refractivity contribution < 1.29 is 18.3 Å². The molecule has 0 atom stereocenters. The van der Waals surface area contributed by atoms with Crippen molar-refractivity contribution in [3.05, 3.63) is 88.4 Å². The van der Waals surface area contributed by atoms with Crippen molar-refractivity contribution >= 4 is 22.4 Å². The van der Waals surface area contributed by atoms with Crippen molar-refractivity contribution in [2.45, 2.75) is 39.7 Å². The third kappa shape index (κ3) is 5.35. The van der Waals surface area contributed by atoms with E-state index in [0.29, 0.717) is 18.1 Å². The number of hydrogen-bond donors (Lipinski definition) is 1. The van der Waals surface area contributed by atoms with Crippen LogP contribution in [0.1, 0.15) is 34.5 Å². The van der Waals surface area contributed by atoms with Crippen LogP contribution in [-0.4, -0.2) is 45.1 Å². The van der Waals surface area contributed by atoms with Gasteiger partial charge in [-0.25, -0.2) is 18.7 Å². The number of nitrogens with one attached hydrogen (secondary N) is 1. The molecule has 0 bridgehead atoms. The number of methoxy groups -OCH3 is 1. The van der Waals surface area contributed by atoms with E-state index in [2.05, 4.69) is 10.3 Å². The lowest BCUT2D eigenvalue weighted by atomic mass is 10.1. The number of benzene rings is 2. The number of fused-ring (bicyclic) bond motifs is 2. The number of halogens is 2. The van der Waals surface area contributed by atoms with Crippen LogP contribution in [0.5, 0.6) is 5.75 Å². The molecule has 41 heavy (non-hydrogen) atoms. The summed E-state index contributed by atoms with van der Waals surface area (Å²) in [6.45, 7) is 4.36. The molecule has 1 aliphatic rings. The van der Waals surface area contributed by atoms with Gasteiger partial charge in [-0.2, -0.15) is 5.10 Å². The Morgan fingerprint density at radius 3 is 2.61 bits per heavy atom. The van der Waals surface area contributed by atoms with E-state index in [-0.39, 0.29) is 24.5 Å². The Morgan fingerprint density at radius 1 is 1.00 bits per heavy atom. The Labute approximate surface area is 236 Å². The van der Waals surface area contributed by atoms with E-state index in [1.165, 1.54) is 19.2 Å². The number of aryl methyl sites for hydroxylation is 3. The molecular formula is C31H30F2N6O2. The summed E-state index contributed by atoms with van der Waals surface area (Å²) >= 11 is 0. The highest BCUT2D eigenvalue weighted by molar-refractivity contribution is 5.92. The molecule has 0 aliphatic heterocycles. The maximum Gasteiger partial charge on any atom is 0.182 e. The summed E-state index contributed by atoms with van der Waals surface area (Å²) in [5, 5.41) is 9.11. The molecule has 0 radical (unpaired) electrons. The van der Waals surface area contributed by atoms with E-state index in [4.69, 9.17) is 24.5 Å². The van der Waals surface area contributed by atoms with Gasteiger partial charge >= 0.3 is 0 Å². The van der Waals surface area contributed by atoms with Gasteiger partial charge in [0.1, 0.15) is 35.5 Å². The van der Waals surface area contributed by atoms with Crippen molar-refractivity contribution in [2.75, 3.05) is 25.6 Å². The number of pyridine rings is 1. The van der Waals surface area contributed by atoms with Gasteiger partial charge in [0.05, 0.1) is 18.7 Å². The fourth-order valence-electron chi connectivity index (χ4n) is 5.15. The van der Waals surface area contributed by atoms with E-state index in [9.17, 15) is 0 Å². The quantitative estimate of drug-likeness (QED) is 0.220. The molecule has 3 heterocycles. The highest BCUT2D eigenvalue weighted by atomic mass is 19.1. The van der Waals surface area contributed by atoms with Gasteiger partial charge in [0.25, 0.3) is 0 Å². The van der Waals surface area contributed by atoms with Crippen LogP contribution in [0.25, 0.3) is 22.4 Å². The molecule has 5 aromatic rings. The van der Waals surface area contributed by atoms with Gasteiger partial charge in [-0.3, -0.25) is 9.67 Å². The second-order valence-corrected chi connectivity index (χ2v) is 10.2. The second kappa shape index (κ2) is 11.2. The Kier molecular flexibility index (Phi) is 7.32. The van der Waals surface area contributed by atoms with E-state index >= 15 is 8.78 Å². The zero-order valence-electron chi connectivity index (χ0n) is 23.2. The van der Waals surface area contributed by atoms with Crippen LogP contribution in [0.4, 0.5) is 20.3 Å². The summed E-state index contributed by atoms with van der Waals surface area (Å²) in [7, 11) is 1.53. The first kappa shape index (κ1) is 26.8. The molecular weight excluding hydrogens is 526 g/mol. The SMILES string of the molecule is COCCOc1cc(F)c(Cn2nc(-c3nc4c(c(Nc5cc(C)ncc5C)n3)CCC4)c3ccccc32)c(F)c1. The molecule has 3 aromatic heterocycles. The fourth-order valence-corrected chi connectivity index (χ4v) is 5.15. The third-order valence-electron chi connectivity index (χ3n) is 7.27. The van der Waals surface area contributed by atoms with Crippen molar-refractivity contribution in [3.63, 3.8) is 0 Å². The summed E-state index contributed by atoms with van der Waals surface area (Å²) < 4.78 is 42.1. The number of aromatic nitrogens is 5. The minimum Gasteiger partial charge on any atom is -0.491 e. The second-order valence-electron chi connectivity index (χ2n) is 10.2. The fraction of sp³-hybridized carbons (Fsp3) is 0.290. The maximum atomic E-state index is 15.1. The lowest BCUT2D eigenvalue weighted by Gasteiger charge is -2.14. The molecule has 0 saturated carbocycles. The molecule has 0 spiro atoms. The number of para-hydroxylation sites is 1. The molecule has 6 rings (SSSR count). The number of rotatable bonds is 9. The molecule has 0 saturated heterocycles. The van der Waals surface area contributed by atoms with Gasteiger partial charge in [-0.05, 0) is 50.8 Å². The van der Waals surface area contributed by atoms with Crippen LogP contribution in [0.15, 0.2) is 48.7 Å². The summed E-state index contributed by atoms with van der Waals surface area (Å²) in [6, 6.07) is 11.9. The normalized spacial score (nSPS) is 12.6. The zero-order valence-corrected chi connectivity index (χ0v) is 23.2. The summed E-state index contributed by atoms with van der Waals surface area (Å²) in [5.41, 5.74) is 6.11. The average Bonchev–Trinajstić information content (AvgIpc) is 3.58. The van der Waals surface area contributed by atoms with Crippen LogP contribution < -0.4 is 10.1 Å². The maximum absolute atomic E-state index is 15.1. The first-order chi connectivity index (χ1) is 19.9. The van der Waals surface area contributed by atoms with Crippen LogP contribution in [0.2, 0.25) is 0 Å². The monoisotopic (exact) mass is 556 g/mol. The molecule has 2 aromatic carbocycles. The van der Waals surface area contributed by atoms with Crippen molar-refractivity contribution in [3.8, 4) is 17.3 Å². The highest BCUT2D eigenvalue weighted by Gasteiger charge is 2.24. The molecule has 1 N–H and O–H groups in total. The van der Waals surface area contributed by atoms with Crippen molar-refractivity contribution in [2.24, 2.45) is 0 Å². The van der Waals surface area contributed by atoms with Gasteiger partial charge in [-0.1, -0.05) is 18.2 Å². The van der Waals surface area contributed by atoms with Gasteiger partial charge in [0.2, 0.25) is 0 Å². The number of nitrogens with zero attached hydrogens (tertiary/aromatic N) is 5. The largest absolute Gasteiger partial charge is 0.491 e. The standard InChI is InChI=1S/C31H30F2N6O2/c1-18-16-34-19(2)13-27(18)36-30-21-8-6-9-26(21)35-31(37-30)29-22-7-4-5-10-28(22)39(38-29)17-23-24(32)14-20(15-25(23)33)41-12-11-40-3/h4-5,7,10,13-16H,6,8-9,11-12,17H2,1-3H3,(H,34,35,36,37). The van der Waals surface area contributed by atoms with Crippen LogP contribution in [0, 0.1) is 25.5 Å². The number of anilines is 2. The van der Waals surface area contributed by atoms with Crippen LogP contribution >= 0.6 is 0 Å². The topological polar surface area (TPSA) is 87.0 Å². The van der Waals surface area contributed by atoms with Gasteiger partial charge in [-0.15, -0.1) is 0 Å². The van der Waals surface area contributed by atoms with Crippen molar-refractivity contribution in [1.82, 2.24) is 24.7 Å².